The summed E-state index contributed by atoms with van der Waals surface area (Å²) in [6, 6.07) is 6.77. The van der Waals surface area contributed by atoms with E-state index >= 15 is 0 Å². The van der Waals surface area contributed by atoms with E-state index in [1.807, 2.05) is 0 Å². The maximum Gasteiger partial charge on any atom is -0.00432 e. The van der Waals surface area contributed by atoms with Gasteiger partial charge < -0.3 is 5.73 Å². The summed E-state index contributed by atoms with van der Waals surface area (Å²) >= 11 is 0. The largest absolute Gasteiger partial charge is 0.330 e. The first kappa shape index (κ1) is 12.3. The van der Waals surface area contributed by atoms with Crippen molar-refractivity contribution in [3.05, 3.63) is 34.9 Å². The molecule has 0 bridgehead atoms. The molecule has 0 amide bonds. The molecule has 1 heteroatoms. The second-order valence-corrected chi connectivity index (χ2v) is 4.94. The second-order valence-electron chi connectivity index (χ2n) is 4.94. The summed E-state index contributed by atoms with van der Waals surface area (Å²) in [6.07, 6.45) is 1.11. The van der Waals surface area contributed by atoms with E-state index < -0.39 is 0 Å². The molecule has 15 heavy (non-hydrogen) atoms. The quantitative estimate of drug-likeness (QED) is 0.803. The Morgan fingerprint density at radius 2 is 1.60 bits per heavy atom. The van der Waals surface area contributed by atoms with Gasteiger partial charge in [0.15, 0.2) is 0 Å². The Kier molecular flexibility index (Phi) is 4.34. The van der Waals surface area contributed by atoms with Gasteiger partial charge in [0, 0.05) is 0 Å². The lowest BCUT2D eigenvalue weighted by Crippen LogP contribution is -2.22. The molecule has 1 aromatic rings. The van der Waals surface area contributed by atoms with Gasteiger partial charge in [-0.25, -0.2) is 0 Å². The van der Waals surface area contributed by atoms with Crippen LogP contribution in [0, 0.1) is 25.7 Å². The third kappa shape index (κ3) is 3.67. The highest BCUT2D eigenvalue weighted by molar-refractivity contribution is 5.28. The summed E-state index contributed by atoms with van der Waals surface area (Å²) in [5.74, 6) is 1.27. The minimum Gasteiger partial charge on any atom is -0.330 e. The molecule has 1 nitrogen and oxygen atoms in total. The van der Waals surface area contributed by atoms with Gasteiger partial charge in [-0.15, -0.1) is 0 Å². The van der Waals surface area contributed by atoms with Crippen LogP contribution in [0.1, 0.15) is 30.5 Å². The molecule has 1 atom stereocenters. The molecule has 2 N–H and O–H groups in total. The van der Waals surface area contributed by atoms with Gasteiger partial charge in [-0.1, -0.05) is 43.2 Å². The highest BCUT2D eigenvalue weighted by Crippen LogP contribution is 2.18. The summed E-state index contributed by atoms with van der Waals surface area (Å²) in [5, 5.41) is 0. The fourth-order valence-electron chi connectivity index (χ4n) is 2.08. The van der Waals surface area contributed by atoms with Gasteiger partial charge in [-0.2, -0.15) is 0 Å². The van der Waals surface area contributed by atoms with Gasteiger partial charge in [0.1, 0.15) is 0 Å². The van der Waals surface area contributed by atoms with Crippen molar-refractivity contribution in [3.63, 3.8) is 0 Å². The molecule has 1 rings (SSSR count). The third-order valence-corrected chi connectivity index (χ3v) is 3.02. The molecule has 0 aromatic heterocycles. The summed E-state index contributed by atoms with van der Waals surface area (Å²) in [7, 11) is 0. The van der Waals surface area contributed by atoms with E-state index in [1.54, 1.807) is 0 Å². The van der Waals surface area contributed by atoms with E-state index in [2.05, 4.69) is 45.9 Å². The molecule has 1 unspecified atom stereocenters. The molecule has 84 valence electrons. The maximum atomic E-state index is 5.80. The standard InChI is InChI=1S/C14H23N/c1-10(2)14(9-15)8-13-6-11(3)5-12(4)7-13/h5-7,10,14H,8-9,15H2,1-4H3. The van der Waals surface area contributed by atoms with Crippen molar-refractivity contribution in [2.45, 2.75) is 34.1 Å². The first-order valence-corrected chi connectivity index (χ1v) is 5.80. The lowest BCUT2D eigenvalue weighted by Gasteiger charge is -2.19. The van der Waals surface area contributed by atoms with Gasteiger partial charge in [-0.05, 0) is 44.2 Å². The van der Waals surface area contributed by atoms with Crippen LogP contribution in [0.5, 0.6) is 0 Å². The molecule has 0 aliphatic heterocycles. The van der Waals surface area contributed by atoms with E-state index in [9.17, 15) is 0 Å². The number of nitrogens with two attached hydrogens (primary N) is 1. The highest BCUT2D eigenvalue weighted by Gasteiger charge is 2.12. The molecule has 0 saturated carbocycles. The van der Waals surface area contributed by atoms with Crippen LogP contribution in [0.2, 0.25) is 0 Å². The van der Waals surface area contributed by atoms with Crippen LogP contribution in [-0.2, 0) is 6.42 Å². The van der Waals surface area contributed by atoms with Gasteiger partial charge in [0.2, 0.25) is 0 Å². The smallest absolute Gasteiger partial charge is 0.00432 e. The summed E-state index contributed by atoms with van der Waals surface area (Å²) in [5.41, 5.74) is 9.93. The predicted octanol–water partition coefficient (Wildman–Crippen LogP) is 3.08. The van der Waals surface area contributed by atoms with Crippen molar-refractivity contribution in [1.82, 2.24) is 0 Å². The molecule has 0 saturated heterocycles. The van der Waals surface area contributed by atoms with Crippen LogP contribution in [-0.4, -0.2) is 6.54 Å². The summed E-state index contributed by atoms with van der Waals surface area (Å²) in [6.45, 7) is 9.59. The van der Waals surface area contributed by atoms with E-state index in [4.69, 9.17) is 5.73 Å². The predicted molar refractivity (Wildman–Crippen MR) is 67.0 cm³/mol. The van der Waals surface area contributed by atoms with Crippen LogP contribution in [0.4, 0.5) is 0 Å². The average Bonchev–Trinajstić information content (AvgIpc) is 2.12. The van der Waals surface area contributed by atoms with Crippen LogP contribution in [0.15, 0.2) is 18.2 Å². The van der Waals surface area contributed by atoms with E-state index in [1.165, 1.54) is 16.7 Å². The Balaban J connectivity index is 2.79. The zero-order valence-corrected chi connectivity index (χ0v) is 10.4. The fraction of sp³-hybridized carbons (Fsp3) is 0.571. The lowest BCUT2D eigenvalue weighted by atomic mass is 9.88. The molecule has 0 spiro atoms. The van der Waals surface area contributed by atoms with Crippen molar-refractivity contribution in [3.8, 4) is 0 Å². The molecule has 0 aliphatic rings. The van der Waals surface area contributed by atoms with Crippen LogP contribution in [0.3, 0.4) is 0 Å². The molecule has 0 aliphatic carbocycles. The van der Waals surface area contributed by atoms with Crippen molar-refractivity contribution in [2.24, 2.45) is 17.6 Å². The van der Waals surface area contributed by atoms with Gasteiger partial charge >= 0.3 is 0 Å². The third-order valence-electron chi connectivity index (χ3n) is 3.02. The Morgan fingerprint density at radius 1 is 1.07 bits per heavy atom. The molecular formula is C14H23N. The summed E-state index contributed by atoms with van der Waals surface area (Å²) in [4.78, 5) is 0. The molecular weight excluding hydrogens is 182 g/mol. The minimum absolute atomic E-state index is 0.603. The first-order valence-electron chi connectivity index (χ1n) is 5.80. The van der Waals surface area contributed by atoms with Crippen LogP contribution >= 0.6 is 0 Å². The maximum absolute atomic E-state index is 5.80. The Hall–Kier alpha value is -0.820. The van der Waals surface area contributed by atoms with Crippen molar-refractivity contribution in [2.75, 3.05) is 6.54 Å². The van der Waals surface area contributed by atoms with Crippen molar-refractivity contribution in [1.29, 1.82) is 0 Å². The topological polar surface area (TPSA) is 26.0 Å². The fourth-order valence-corrected chi connectivity index (χ4v) is 2.08. The monoisotopic (exact) mass is 205 g/mol. The van der Waals surface area contributed by atoms with E-state index in [0.717, 1.165) is 13.0 Å². The van der Waals surface area contributed by atoms with E-state index in [0.29, 0.717) is 11.8 Å². The molecule has 1 aromatic carbocycles. The highest BCUT2D eigenvalue weighted by atomic mass is 14.5. The zero-order valence-electron chi connectivity index (χ0n) is 10.4. The van der Waals surface area contributed by atoms with Crippen LogP contribution in [0.25, 0.3) is 0 Å². The number of hydrogen-bond acceptors (Lipinski definition) is 1. The normalized spacial score (nSPS) is 13.2. The number of aryl methyl sites for hydroxylation is 2. The van der Waals surface area contributed by atoms with Crippen molar-refractivity contribution >= 4 is 0 Å². The van der Waals surface area contributed by atoms with E-state index in [-0.39, 0.29) is 0 Å². The van der Waals surface area contributed by atoms with Crippen LogP contribution < -0.4 is 5.73 Å². The van der Waals surface area contributed by atoms with Gasteiger partial charge in [0.05, 0.1) is 0 Å². The van der Waals surface area contributed by atoms with Gasteiger partial charge in [-0.3, -0.25) is 0 Å². The Labute approximate surface area is 93.7 Å². The zero-order chi connectivity index (χ0) is 11.4. The molecule has 0 heterocycles. The Morgan fingerprint density at radius 3 is 2.00 bits per heavy atom. The second kappa shape index (κ2) is 5.32. The number of rotatable bonds is 4. The summed E-state index contributed by atoms with van der Waals surface area (Å²) < 4.78 is 0. The minimum atomic E-state index is 0.603. The number of hydrogen-bond donors (Lipinski definition) is 1. The SMILES string of the molecule is Cc1cc(C)cc(CC(CN)C(C)C)c1. The lowest BCUT2D eigenvalue weighted by molar-refractivity contribution is 0.392. The average molecular weight is 205 g/mol. The number of benzene rings is 1. The Bertz CT molecular complexity index is 295. The van der Waals surface area contributed by atoms with Crippen molar-refractivity contribution < 1.29 is 0 Å². The molecule has 0 radical (unpaired) electrons. The molecule has 0 fully saturated rings. The first-order chi connectivity index (χ1) is 7.02. The van der Waals surface area contributed by atoms with Gasteiger partial charge in [0.25, 0.3) is 0 Å².